The van der Waals surface area contributed by atoms with Crippen LogP contribution in [0.3, 0.4) is 0 Å². The third-order valence-electron chi connectivity index (χ3n) is 4.79. The van der Waals surface area contributed by atoms with Crippen LogP contribution in [-0.2, 0) is 9.84 Å². The first kappa shape index (κ1) is 22.8. The van der Waals surface area contributed by atoms with Crippen LogP contribution >= 0.6 is 11.3 Å². The van der Waals surface area contributed by atoms with Gasteiger partial charge in [-0.15, -0.1) is 11.3 Å². The minimum Gasteiger partial charge on any atom is -0.493 e. The van der Waals surface area contributed by atoms with Crippen molar-refractivity contribution in [3.63, 3.8) is 0 Å². The second kappa shape index (κ2) is 9.49. The Morgan fingerprint density at radius 3 is 2.52 bits per heavy atom. The van der Waals surface area contributed by atoms with Gasteiger partial charge in [0.25, 0.3) is 5.91 Å². The fraction of sp³-hybridized carbons (Fsp3) is 0.227. The summed E-state index contributed by atoms with van der Waals surface area (Å²) in [6, 6.07) is 12.0. The van der Waals surface area contributed by atoms with Crippen LogP contribution in [0.4, 0.5) is 4.39 Å². The lowest BCUT2D eigenvalue weighted by Crippen LogP contribution is -2.32. The molecule has 0 aliphatic heterocycles. The Kier molecular flexibility index (Phi) is 6.97. The highest BCUT2D eigenvalue weighted by molar-refractivity contribution is 7.91. The third kappa shape index (κ3) is 4.72. The minimum atomic E-state index is -3.90. The number of aryl methyl sites for hydroxylation is 1. The molecule has 31 heavy (non-hydrogen) atoms. The number of hydrogen-bond donors (Lipinski definition) is 1. The van der Waals surface area contributed by atoms with Gasteiger partial charge in [0.15, 0.2) is 21.3 Å². The molecule has 0 spiro atoms. The number of carbonyl (C=O) groups excluding carboxylic acids is 1. The highest BCUT2D eigenvalue weighted by atomic mass is 32.2. The van der Waals surface area contributed by atoms with Gasteiger partial charge in [-0.05, 0) is 54.3 Å². The number of sulfone groups is 1. The number of para-hydroxylation sites is 1. The average Bonchev–Trinajstić information content (AvgIpc) is 3.29. The first-order valence-electron chi connectivity index (χ1n) is 9.32. The predicted octanol–water partition coefficient (Wildman–Crippen LogP) is 4.16. The molecule has 164 valence electrons. The van der Waals surface area contributed by atoms with E-state index in [9.17, 15) is 17.6 Å². The Morgan fingerprint density at radius 1 is 1.13 bits per heavy atom. The Bertz CT molecular complexity index is 1180. The third-order valence-corrected chi connectivity index (χ3v) is 8.00. The van der Waals surface area contributed by atoms with Gasteiger partial charge in [-0.3, -0.25) is 4.79 Å². The Balaban J connectivity index is 1.92. The van der Waals surface area contributed by atoms with E-state index < -0.39 is 26.8 Å². The fourth-order valence-corrected chi connectivity index (χ4v) is 6.01. The van der Waals surface area contributed by atoms with E-state index in [1.807, 2.05) is 0 Å². The van der Waals surface area contributed by atoms with Gasteiger partial charge in [-0.2, -0.15) is 0 Å². The van der Waals surface area contributed by atoms with E-state index in [4.69, 9.17) is 9.47 Å². The predicted molar refractivity (Wildman–Crippen MR) is 117 cm³/mol. The first-order valence-corrected chi connectivity index (χ1v) is 11.7. The van der Waals surface area contributed by atoms with E-state index in [0.29, 0.717) is 10.6 Å². The lowest BCUT2D eigenvalue weighted by atomic mass is 10.1. The molecule has 6 nitrogen and oxygen atoms in total. The SMILES string of the molecule is COc1cccc(C(=O)NC[C@H](c2cccs2)S(=O)(=O)c2ccc(F)c(C)c2)c1OC. The molecule has 0 saturated carbocycles. The summed E-state index contributed by atoms with van der Waals surface area (Å²) in [7, 11) is -1.01. The first-order chi connectivity index (χ1) is 14.8. The van der Waals surface area contributed by atoms with Crippen LogP contribution in [0.2, 0.25) is 0 Å². The van der Waals surface area contributed by atoms with Crippen LogP contribution in [0.1, 0.15) is 26.0 Å². The zero-order chi connectivity index (χ0) is 22.6. The highest BCUT2D eigenvalue weighted by Crippen LogP contribution is 2.33. The summed E-state index contributed by atoms with van der Waals surface area (Å²) in [6.07, 6.45) is 0. The van der Waals surface area contributed by atoms with Gasteiger partial charge in [-0.1, -0.05) is 12.1 Å². The minimum absolute atomic E-state index is 0.00184. The smallest absolute Gasteiger partial charge is 0.255 e. The molecular formula is C22H22FNO5S2. The normalized spacial score (nSPS) is 12.3. The van der Waals surface area contributed by atoms with E-state index in [2.05, 4.69) is 5.32 Å². The lowest BCUT2D eigenvalue weighted by molar-refractivity contribution is 0.0950. The van der Waals surface area contributed by atoms with E-state index in [1.165, 1.54) is 44.6 Å². The molecule has 1 heterocycles. The summed E-state index contributed by atoms with van der Waals surface area (Å²) in [5.41, 5.74) is 0.456. The molecule has 0 saturated heterocycles. The number of rotatable bonds is 8. The summed E-state index contributed by atoms with van der Waals surface area (Å²) in [5.74, 6) is -0.334. The summed E-state index contributed by atoms with van der Waals surface area (Å²) in [5, 5.41) is 3.43. The lowest BCUT2D eigenvalue weighted by Gasteiger charge is -2.19. The molecule has 1 amide bonds. The maximum Gasteiger partial charge on any atom is 0.255 e. The molecule has 0 aliphatic carbocycles. The van der Waals surface area contributed by atoms with Crippen molar-refractivity contribution >= 4 is 27.1 Å². The largest absolute Gasteiger partial charge is 0.493 e. The van der Waals surface area contributed by atoms with Crippen molar-refractivity contribution in [1.82, 2.24) is 5.32 Å². The second-order valence-electron chi connectivity index (χ2n) is 6.71. The van der Waals surface area contributed by atoms with Gasteiger partial charge in [0.2, 0.25) is 0 Å². The molecule has 3 aromatic rings. The van der Waals surface area contributed by atoms with Crippen LogP contribution in [-0.4, -0.2) is 35.1 Å². The number of nitrogens with one attached hydrogen (secondary N) is 1. The zero-order valence-electron chi connectivity index (χ0n) is 17.2. The maximum atomic E-state index is 13.7. The molecule has 0 aliphatic rings. The molecule has 1 N–H and O–H groups in total. The number of thiophene rings is 1. The van der Waals surface area contributed by atoms with Crippen molar-refractivity contribution in [1.29, 1.82) is 0 Å². The van der Waals surface area contributed by atoms with E-state index in [1.54, 1.807) is 35.7 Å². The molecule has 0 radical (unpaired) electrons. The van der Waals surface area contributed by atoms with Crippen LogP contribution in [0.15, 0.2) is 58.8 Å². The van der Waals surface area contributed by atoms with Crippen molar-refractivity contribution in [3.05, 3.63) is 75.7 Å². The molecule has 9 heteroatoms. The summed E-state index contributed by atoms with van der Waals surface area (Å²) >= 11 is 1.27. The summed E-state index contributed by atoms with van der Waals surface area (Å²) in [6.45, 7) is 1.34. The molecule has 0 unspecified atom stereocenters. The van der Waals surface area contributed by atoms with Crippen molar-refractivity contribution in [2.45, 2.75) is 17.1 Å². The zero-order valence-corrected chi connectivity index (χ0v) is 18.8. The number of halogens is 1. The second-order valence-corrected chi connectivity index (χ2v) is 9.82. The number of ether oxygens (including phenoxy) is 2. The van der Waals surface area contributed by atoms with Crippen molar-refractivity contribution in [3.8, 4) is 11.5 Å². The van der Waals surface area contributed by atoms with E-state index in [-0.39, 0.29) is 28.3 Å². The van der Waals surface area contributed by atoms with Gasteiger partial charge in [0.05, 0.1) is 24.7 Å². The van der Waals surface area contributed by atoms with Gasteiger partial charge in [-0.25, -0.2) is 12.8 Å². The Hall–Kier alpha value is -2.91. The fourth-order valence-electron chi connectivity index (χ4n) is 3.14. The van der Waals surface area contributed by atoms with Crippen LogP contribution in [0.25, 0.3) is 0 Å². The molecule has 1 atom stereocenters. The number of carbonyl (C=O) groups is 1. The quantitative estimate of drug-likeness (QED) is 0.508. The molecule has 0 fully saturated rings. The van der Waals surface area contributed by atoms with Crippen LogP contribution < -0.4 is 14.8 Å². The topological polar surface area (TPSA) is 81.7 Å². The summed E-state index contributed by atoms with van der Waals surface area (Å²) < 4.78 is 50.9. The number of amides is 1. The molecular weight excluding hydrogens is 441 g/mol. The monoisotopic (exact) mass is 463 g/mol. The van der Waals surface area contributed by atoms with Crippen LogP contribution in [0.5, 0.6) is 11.5 Å². The Labute approximate surface area is 184 Å². The average molecular weight is 464 g/mol. The van der Waals surface area contributed by atoms with Crippen molar-refractivity contribution < 1.29 is 27.1 Å². The van der Waals surface area contributed by atoms with Gasteiger partial charge < -0.3 is 14.8 Å². The standard InChI is InChI=1S/C22H22FNO5S2/c1-14-12-15(9-10-17(14)23)31(26,27)20(19-8-5-11-30-19)13-24-22(25)16-6-4-7-18(28-2)21(16)29-3/h4-12,20H,13H2,1-3H3,(H,24,25)/t20-/m1/s1. The molecule has 2 aromatic carbocycles. The van der Waals surface area contributed by atoms with Gasteiger partial charge in [0, 0.05) is 11.4 Å². The van der Waals surface area contributed by atoms with Crippen LogP contribution in [0, 0.1) is 12.7 Å². The maximum absolute atomic E-state index is 13.7. The molecule has 0 bridgehead atoms. The van der Waals surface area contributed by atoms with Gasteiger partial charge >= 0.3 is 0 Å². The van der Waals surface area contributed by atoms with Crippen molar-refractivity contribution in [2.24, 2.45) is 0 Å². The molecule has 3 rings (SSSR count). The number of methoxy groups -OCH3 is 2. The van der Waals surface area contributed by atoms with Gasteiger partial charge in [0.1, 0.15) is 11.1 Å². The van der Waals surface area contributed by atoms with E-state index >= 15 is 0 Å². The molecule has 1 aromatic heterocycles. The summed E-state index contributed by atoms with van der Waals surface area (Å²) in [4.78, 5) is 13.4. The van der Waals surface area contributed by atoms with Crippen molar-refractivity contribution in [2.75, 3.05) is 20.8 Å². The van der Waals surface area contributed by atoms with E-state index in [0.717, 1.165) is 6.07 Å². The number of hydrogen-bond acceptors (Lipinski definition) is 6. The Morgan fingerprint density at radius 2 is 1.90 bits per heavy atom. The highest BCUT2D eigenvalue weighted by Gasteiger charge is 2.31. The number of benzene rings is 2.